The summed E-state index contributed by atoms with van der Waals surface area (Å²) in [5.41, 5.74) is 0. The van der Waals surface area contributed by atoms with Gasteiger partial charge in [-0.1, -0.05) is 0 Å². The Kier molecular flexibility index (Phi) is 5.48. The Morgan fingerprint density at radius 1 is 1.04 bits per heavy atom. The van der Waals surface area contributed by atoms with Crippen LogP contribution < -0.4 is 14.4 Å². The summed E-state index contributed by atoms with van der Waals surface area (Å²) in [4.78, 5) is 16.0. The van der Waals surface area contributed by atoms with Crippen LogP contribution in [0.3, 0.4) is 0 Å². The van der Waals surface area contributed by atoms with Crippen molar-refractivity contribution < 1.29 is 27.6 Å². The Balaban J connectivity index is 1.40. The molecule has 0 saturated carbocycles. The Labute approximate surface area is 166 Å². The Morgan fingerprint density at radius 2 is 1.68 bits per heavy atom. The molecule has 1 N–H and O–H groups in total. The molecular weight excluding hydrogens is 382 g/mol. The van der Waals surface area contributed by atoms with Gasteiger partial charge in [0.1, 0.15) is 13.2 Å². The van der Waals surface area contributed by atoms with Crippen molar-refractivity contribution >= 4 is 15.9 Å². The number of hydrogen-bond donors (Lipinski definition) is 1. The number of fused-ring (bicyclic) bond motifs is 1. The Bertz CT molecular complexity index is 830. The van der Waals surface area contributed by atoms with Crippen LogP contribution in [0.1, 0.15) is 19.8 Å². The van der Waals surface area contributed by atoms with E-state index in [0.717, 1.165) is 30.8 Å². The third-order valence-electron chi connectivity index (χ3n) is 5.92. The molecule has 1 aromatic carbocycles. The molecule has 0 spiro atoms. The number of nitrogens with zero attached hydrogens (tertiary/aromatic N) is 2. The van der Waals surface area contributed by atoms with E-state index in [2.05, 4.69) is 0 Å². The van der Waals surface area contributed by atoms with Crippen LogP contribution in [0.4, 0.5) is 0 Å². The Hall–Kier alpha value is -1.84. The van der Waals surface area contributed by atoms with Crippen LogP contribution in [0.5, 0.6) is 11.5 Å². The number of hydrogen-bond acceptors (Lipinski definition) is 5. The minimum Gasteiger partial charge on any atom is -0.486 e. The lowest BCUT2D eigenvalue weighted by molar-refractivity contribution is -0.918. The van der Waals surface area contributed by atoms with Gasteiger partial charge in [-0.25, -0.2) is 8.42 Å². The zero-order chi connectivity index (χ0) is 19.7. The molecule has 0 radical (unpaired) electrons. The number of carbonyl (C=O) groups is 1. The van der Waals surface area contributed by atoms with Crippen LogP contribution in [0.15, 0.2) is 23.1 Å². The number of nitrogens with one attached hydrogen (secondary N) is 1. The van der Waals surface area contributed by atoms with Crippen molar-refractivity contribution in [1.29, 1.82) is 0 Å². The molecule has 1 aromatic rings. The normalized spacial score (nSPS) is 22.2. The van der Waals surface area contributed by atoms with Crippen molar-refractivity contribution in [3.63, 3.8) is 0 Å². The molecule has 28 heavy (non-hydrogen) atoms. The molecule has 0 aromatic heterocycles. The molecule has 3 aliphatic heterocycles. The van der Waals surface area contributed by atoms with E-state index in [0.29, 0.717) is 50.9 Å². The summed E-state index contributed by atoms with van der Waals surface area (Å²) in [6.07, 6.45) is 2.16. The molecule has 0 bridgehead atoms. The van der Waals surface area contributed by atoms with Gasteiger partial charge in [-0.05, 0) is 31.9 Å². The van der Waals surface area contributed by atoms with E-state index in [1.165, 1.54) is 4.31 Å². The third-order valence-corrected chi connectivity index (χ3v) is 7.81. The molecule has 0 unspecified atom stereocenters. The van der Waals surface area contributed by atoms with Crippen LogP contribution in [0, 0.1) is 0 Å². The molecule has 8 nitrogen and oxygen atoms in total. The first-order valence-electron chi connectivity index (χ1n) is 10.00. The number of ether oxygens (including phenoxy) is 2. The van der Waals surface area contributed by atoms with Crippen LogP contribution >= 0.6 is 0 Å². The van der Waals surface area contributed by atoms with E-state index in [4.69, 9.17) is 9.47 Å². The van der Waals surface area contributed by atoms with Crippen LogP contribution in [-0.2, 0) is 14.8 Å². The van der Waals surface area contributed by atoms with Crippen LogP contribution in [0.25, 0.3) is 0 Å². The first-order valence-corrected chi connectivity index (χ1v) is 11.4. The number of sulfonamides is 1. The first-order chi connectivity index (χ1) is 13.5. The first kappa shape index (κ1) is 19.5. The molecule has 1 amide bonds. The van der Waals surface area contributed by atoms with Gasteiger partial charge in [0, 0.05) is 19.2 Å². The monoisotopic (exact) mass is 410 g/mol. The molecule has 0 aliphatic carbocycles. The van der Waals surface area contributed by atoms with Crippen molar-refractivity contribution in [1.82, 2.24) is 9.21 Å². The minimum atomic E-state index is -3.59. The fourth-order valence-electron chi connectivity index (χ4n) is 4.17. The van der Waals surface area contributed by atoms with Gasteiger partial charge in [-0.15, -0.1) is 0 Å². The summed E-state index contributed by atoms with van der Waals surface area (Å²) in [5.74, 6) is 1.24. The highest BCUT2D eigenvalue weighted by Gasteiger charge is 2.36. The fraction of sp³-hybridized carbons (Fsp3) is 0.632. The predicted octanol–water partition coefficient (Wildman–Crippen LogP) is -0.642. The molecule has 2 fully saturated rings. The third kappa shape index (κ3) is 3.70. The van der Waals surface area contributed by atoms with E-state index in [9.17, 15) is 13.2 Å². The van der Waals surface area contributed by atoms with Gasteiger partial charge in [-0.3, -0.25) is 4.79 Å². The largest absolute Gasteiger partial charge is 0.486 e. The molecule has 9 heteroatoms. The van der Waals surface area contributed by atoms with E-state index in [1.54, 1.807) is 18.2 Å². The van der Waals surface area contributed by atoms with Gasteiger partial charge in [0.05, 0.1) is 31.1 Å². The summed E-state index contributed by atoms with van der Waals surface area (Å²) in [6.45, 7) is 6.62. The average molecular weight is 411 g/mol. The lowest BCUT2D eigenvalue weighted by atomic mass is 10.2. The molecule has 154 valence electrons. The molecule has 3 heterocycles. The smallest absolute Gasteiger partial charge is 0.280 e. The van der Waals surface area contributed by atoms with Gasteiger partial charge in [0.2, 0.25) is 10.0 Å². The van der Waals surface area contributed by atoms with Gasteiger partial charge in [-0.2, -0.15) is 4.31 Å². The van der Waals surface area contributed by atoms with E-state index in [-0.39, 0.29) is 16.8 Å². The summed E-state index contributed by atoms with van der Waals surface area (Å²) in [5, 5.41) is 0. The second-order valence-corrected chi connectivity index (χ2v) is 9.56. The topological polar surface area (TPSA) is 80.6 Å². The minimum absolute atomic E-state index is 0.128. The number of piperazine rings is 1. The predicted molar refractivity (Wildman–Crippen MR) is 102 cm³/mol. The molecule has 1 atom stereocenters. The van der Waals surface area contributed by atoms with E-state index < -0.39 is 10.0 Å². The number of amides is 1. The highest BCUT2D eigenvalue weighted by molar-refractivity contribution is 7.89. The lowest BCUT2D eigenvalue weighted by Gasteiger charge is -2.35. The summed E-state index contributed by atoms with van der Waals surface area (Å²) >= 11 is 0. The van der Waals surface area contributed by atoms with E-state index in [1.807, 2.05) is 11.8 Å². The van der Waals surface area contributed by atoms with Crippen molar-refractivity contribution in [2.45, 2.75) is 30.7 Å². The zero-order valence-corrected chi connectivity index (χ0v) is 17.0. The number of rotatable bonds is 4. The fourth-order valence-corrected chi connectivity index (χ4v) is 5.62. The number of quaternary nitrogens is 1. The standard InChI is InChI=1S/C19H27N3O5S/c1-15(19(23)21-6-2-3-7-21)20-8-10-22(11-9-20)28(24,25)16-4-5-17-18(14-16)27-13-12-26-17/h4-5,14-15H,2-3,6-13H2,1H3/p+1/t15-/m0/s1. The van der Waals surface area contributed by atoms with Gasteiger partial charge in [0.25, 0.3) is 5.91 Å². The maximum atomic E-state index is 13.0. The highest BCUT2D eigenvalue weighted by Crippen LogP contribution is 2.33. The molecule has 4 rings (SSSR count). The van der Waals surface area contributed by atoms with Gasteiger partial charge < -0.3 is 19.3 Å². The van der Waals surface area contributed by atoms with Crippen molar-refractivity contribution in [3.05, 3.63) is 18.2 Å². The lowest BCUT2D eigenvalue weighted by Crippen LogP contribution is -3.19. The molecular formula is C19H28N3O5S+. The van der Waals surface area contributed by atoms with Gasteiger partial charge in [0.15, 0.2) is 17.5 Å². The van der Waals surface area contributed by atoms with Crippen molar-refractivity contribution in [2.75, 3.05) is 52.5 Å². The SMILES string of the molecule is C[C@@H](C(=O)N1CCCC1)[NH+]1CCN(S(=O)(=O)c2ccc3c(c2)OCCO3)CC1. The maximum absolute atomic E-state index is 13.0. The second kappa shape index (κ2) is 7.88. The second-order valence-electron chi connectivity index (χ2n) is 7.62. The summed E-state index contributed by atoms with van der Waals surface area (Å²) in [6, 6.07) is 4.64. The average Bonchev–Trinajstić information content (AvgIpc) is 3.27. The van der Waals surface area contributed by atoms with Crippen molar-refractivity contribution in [3.8, 4) is 11.5 Å². The van der Waals surface area contributed by atoms with Gasteiger partial charge >= 0.3 is 0 Å². The van der Waals surface area contributed by atoms with Crippen LogP contribution in [-0.4, -0.2) is 82.1 Å². The summed E-state index contributed by atoms with van der Waals surface area (Å²) < 4.78 is 38.6. The number of benzene rings is 1. The number of carbonyl (C=O) groups excluding carboxylic acids is 1. The summed E-state index contributed by atoms with van der Waals surface area (Å²) in [7, 11) is -3.59. The van der Waals surface area contributed by atoms with Crippen LogP contribution in [0.2, 0.25) is 0 Å². The highest BCUT2D eigenvalue weighted by atomic mass is 32.2. The Morgan fingerprint density at radius 3 is 2.36 bits per heavy atom. The molecule has 2 saturated heterocycles. The number of likely N-dealkylation sites (tertiary alicyclic amines) is 1. The van der Waals surface area contributed by atoms with E-state index >= 15 is 0 Å². The maximum Gasteiger partial charge on any atom is 0.280 e. The quantitative estimate of drug-likeness (QED) is 0.714. The van der Waals surface area contributed by atoms with Crippen molar-refractivity contribution in [2.24, 2.45) is 0 Å². The molecule has 3 aliphatic rings. The zero-order valence-electron chi connectivity index (χ0n) is 16.2.